The number of Topliss-reactive ketones (excluding diaryl/α,β-unsaturated/α-hetero) is 1. The Kier molecular flexibility index (Phi) is 11.8. The van der Waals surface area contributed by atoms with Gasteiger partial charge in [0, 0.05) is 30.9 Å². The highest BCUT2D eigenvalue weighted by molar-refractivity contribution is 7.92. The van der Waals surface area contributed by atoms with E-state index >= 15 is 0 Å². The van der Waals surface area contributed by atoms with Crippen molar-refractivity contribution in [3.63, 3.8) is 0 Å². The number of sulfonamides is 1. The van der Waals surface area contributed by atoms with Gasteiger partial charge in [-0.05, 0) is 70.9 Å². The number of amides is 4. The first kappa shape index (κ1) is 42.7. The first-order chi connectivity index (χ1) is 27.8. The minimum Gasteiger partial charge on any atom is -0.454 e. The van der Waals surface area contributed by atoms with Crippen molar-refractivity contribution in [1.29, 1.82) is 0 Å². The Balaban J connectivity index is 1.15. The molecule has 0 radical (unpaired) electrons. The average Bonchev–Trinajstić information content (AvgIpc) is 3.94. The average molecular weight is 863 g/mol. The monoisotopic (exact) mass is 862 g/mol. The van der Waals surface area contributed by atoms with E-state index in [2.05, 4.69) is 5.32 Å². The molecule has 0 spiro atoms. The van der Waals surface area contributed by atoms with Crippen LogP contribution in [0.2, 0.25) is 0 Å². The number of rotatable bonds is 9. The van der Waals surface area contributed by atoms with Crippen LogP contribution in [0.5, 0.6) is 11.5 Å². The molecule has 17 nitrogen and oxygen atoms in total. The van der Waals surface area contributed by atoms with E-state index in [1.807, 2.05) is 18.2 Å². The van der Waals surface area contributed by atoms with Gasteiger partial charge >= 0.3 is 12.2 Å². The van der Waals surface area contributed by atoms with Crippen LogP contribution in [-0.4, -0.2) is 121 Å². The van der Waals surface area contributed by atoms with Crippen LogP contribution < -0.4 is 14.8 Å². The zero-order chi connectivity index (χ0) is 42.5. The quantitative estimate of drug-likeness (QED) is 0.352. The molecule has 7 rings (SSSR count). The van der Waals surface area contributed by atoms with E-state index in [4.69, 9.17) is 18.9 Å². The molecule has 0 bridgehead atoms. The molecule has 3 fully saturated rings. The van der Waals surface area contributed by atoms with Gasteiger partial charge in [0.2, 0.25) is 28.6 Å². The summed E-state index contributed by atoms with van der Waals surface area (Å²) in [6.07, 6.45) is 5.53. The molecule has 324 valence electrons. The number of allylic oxidation sites excluding steroid dienone is 1. The molecule has 4 amide bonds. The Morgan fingerprint density at radius 2 is 1.78 bits per heavy atom. The number of sulfone groups is 1. The van der Waals surface area contributed by atoms with Crippen molar-refractivity contribution in [2.75, 3.05) is 31.9 Å². The third kappa shape index (κ3) is 9.50. The summed E-state index contributed by atoms with van der Waals surface area (Å²) in [5, 5.41) is 2.47. The van der Waals surface area contributed by atoms with Crippen molar-refractivity contribution in [3.8, 4) is 11.5 Å². The molecule has 4 aliphatic heterocycles. The second-order valence-electron chi connectivity index (χ2n) is 17.6. The number of nitrogens with one attached hydrogen (secondary N) is 1. The Hall–Kier alpha value is -4.39. The number of ether oxygens (including phenoxy) is 4. The van der Waals surface area contributed by atoms with Gasteiger partial charge in [-0.2, -0.15) is 0 Å². The molecule has 1 aromatic rings. The van der Waals surface area contributed by atoms with Crippen LogP contribution in [0.4, 0.5) is 9.59 Å². The number of hydrogen-bond donors (Lipinski definition) is 1. The van der Waals surface area contributed by atoms with E-state index in [0.29, 0.717) is 54.3 Å². The van der Waals surface area contributed by atoms with Crippen LogP contribution in [0, 0.1) is 11.8 Å². The lowest BCUT2D eigenvalue weighted by Crippen LogP contribution is -2.55. The molecule has 1 N–H and O–H groups in total. The fraction of sp³-hybridized carbons (Fsp3) is 0.675. The zero-order valence-corrected chi connectivity index (χ0v) is 35.6. The van der Waals surface area contributed by atoms with Crippen molar-refractivity contribution in [3.05, 3.63) is 35.4 Å². The lowest BCUT2D eigenvalue weighted by Gasteiger charge is -2.32. The van der Waals surface area contributed by atoms with Gasteiger partial charge in [0.25, 0.3) is 0 Å². The molecule has 5 atom stereocenters. The minimum absolute atomic E-state index is 0.0653. The highest BCUT2D eigenvalue weighted by Crippen LogP contribution is 2.47. The van der Waals surface area contributed by atoms with Crippen molar-refractivity contribution in [2.24, 2.45) is 11.8 Å². The Bertz CT molecular complexity index is 2130. The second kappa shape index (κ2) is 16.2. The fourth-order valence-electron chi connectivity index (χ4n) is 8.45. The van der Waals surface area contributed by atoms with Crippen LogP contribution in [-0.2, 0) is 56.8 Å². The molecule has 4 heterocycles. The number of carbonyl (C=O) groups excluding carboxylic acids is 5. The lowest BCUT2D eigenvalue weighted by atomic mass is 9.98. The molecule has 0 unspecified atom stereocenters. The molecule has 0 aromatic heterocycles. The summed E-state index contributed by atoms with van der Waals surface area (Å²) in [6.45, 7) is 4.48. The van der Waals surface area contributed by atoms with Crippen molar-refractivity contribution >= 4 is 49.6 Å². The number of nitrogens with zero attached hydrogens (tertiary/aromatic N) is 3. The number of carbonyl (C=O) groups is 5. The predicted octanol–water partition coefficient (Wildman–Crippen LogP) is 3.58. The van der Waals surface area contributed by atoms with E-state index in [1.165, 1.54) is 9.80 Å². The Morgan fingerprint density at radius 3 is 2.49 bits per heavy atom. The second-order valence-corrected chi connectivity index (χ2v) is 21.9. The van der Waals surface area contributed by atoms with Crippen LogP contribution in [0.1, 0.15) is 96.1 Å². The summed E-state index contributed by atoms with van der Waals surface area (Å²) in [5.41, 5.74) is -0.771. The predicted molar refractivity (Wildman–Crippen MR) is 211 cm³/mol. The summed E-state index contributed by atoms with van der Waals surface area (Å²) in [4.78, 5) is 72.9. The molecule has 1 aromatic carbocycles. The topological polar surface area (TPSA) is 212 Å². The van der Waals surface area contributed by atoms with Gasteiger partial charge in [-0.25, -0.2) is 30.7 Å². The standard InChI is InChI=1S/C40H54N4O13S2/c1-39(2,3)57-38(49)44(58(4,50)51)21-26-10-8-6-5-7-9-11-27-19-40(27,33(45)16-17-59(52,53)29-13-14-29)41-35(46)31-18-28(22-43(31)36(26)47)56-37(48)42-20-25-12-15-32-34(30(25)23-42)55-24-54-32/h9,11-12,15,26-29,31H,5-8,10,13-14,16-24H2,1-4H3,(H,41,46)/b11-9-/t26-,27-,28-,31+,40-/m1/s1. The summed E-state index contributed by atoms with van der Waals surface area (Å²) in [5.74, 6) is -2.40. The molecule has 59 heavy (non-hydrogen) atoms. The number of hydrogen-bond acceptors (Lipinski definition) is 13. The summed E-state index contributed by atoms with van der Waals surface area (Å²) in [7, 11) is -7.69. The summed E-state index contributed by atoms with van der Waals surface area (Å²) < 4.78 is 74.6. The Morgan fingerprint density at radius 1 is 1.02 bits per heavy atom. The third-order valence-corrected chi connectivity index (χ3v) is 15.2. The molecule has 2 aliphatic carbocycles. The van der Waals surface area contributed by atoms with Gasteiger partial charge in [0.1, 0.15) is 23.3 Å². The maximum atomic E-state index is 14.8. The number of fused-ring (bicyclic) bond motifs is 5. The number of benzene rings is 1. The van der Waals surface area contributed by atoms with Crippen LogP contribution >= 0.6 is 0 Å². The summed E-state index contributed by atoms with van der Waals surface area (Å²) in [6, 6.07) is 2.37. The van der Waals surface area contributed by atoms with Gasteiger partial charge in [-0.1, -0.05) is 31.1 Å². The maximum absolute atomic E-state index is 14.8. The largest absolute Gasteiger partial charge is 0.454 e. The SMILES string of the molecule is CC(C)(C)OC(=O)N(C[C@H]1CCCCC/C=C\[C@@H]2C[C@@]2(C(=O)CCS(=O)(=O)C2CC2)NC(=O)[C@@H]2C[C@@H](OC(=O)N3Cc4ccc5c(c4C3)OCO5)CN2C1=O)S(C)(=O)=O. The highest BCUT2D eigenvalue weighted by atomic mass is 32.2. The van der Waals surface area contributed by atoms with E-state index in [1.54, 1.807) is 26.8 Å². The maximum Gasteiger partial charge on any atom is 0.424 e. The van der Waals surface area contributed by atoms with E-state index in [9.17, 15) is 40.8 Å². The van der Waals surface area contributed by atoms with Crippen LogP contribution in [0.15, 0.2) is 24.3 Å². The minimum atomic E-state index is -4.23. The van der Waals surface area contributed by atoms with Gasteiger partial charge in [0.05, 0.1) is 42.8 Å². The first-order valence-corrected chi connectivity index (χ1v) is 23.9. The molecule has 19 heteroatoms. The molecule has 6 aliphatic rings. The molecule has 2 saturated carbocycles. The van der Waals surface area contributed by atoms with E-state index in [-0.39, 0.29) is 63.8 Å². The summed E-state index contributed by atoms with van der Waals surface area (Å²) >= 11 is 0. The van der Waals surface area contributed by atoms with E-state index in [0.717, 1.165) is 17.4 Å². The molecular formula is C40H54N4O13S2. The van der Waals surface area contributed by atoms with Crippen LogP contribution in [0.3, 0.4) is 0 Å². The van der Waals surface area contributed by atoms with Gasteiger partial charge in [-0.15, -0.1) is 0 Å². The third-order valence-electron chi connectivity index (χ3n) is 11.9. The fourth-order valence-corrected chi connectivity index (χ4v) is 10.9. The van der Waals surface area contributed by atoms with E-state index < -0.39 is 90.6 Å². The number of ketones is 1. The van der Waals surface area contributed by atoms with Crippen LogP contribution in [0.25, 0.3) is 0 Å². The van der Waals surface area contributed by atoms with Gasteiger partial charge in [-0.3, -0.25) is 19.3 Å². The Labute approximate surface area is 345 Å². The first-order valence-electron chi connectivity index (χ1n) is 20.4. The zero-order valence-electron chi connectivity index (χ0n) is 34.0. The van der Waals surface area contributed by atoms with Crippen molar-refractivity contribution < 1.29 is 59.8 Å². The smallest absolute Gasteiger partial charge is 0.424 e. The normalized spacial score (nSPS) is 27.7. The van der Waals surface area contributed by atoms with Crippen molar-refractivity contribution in [1.82, 2.24) is 19.4 Å². The lowest BCUT2D eigenvalue weighted by molar-refractivity contribution is -0.143. The highest BCUT2D eigenvalue weighted by Gasteiger charge is 2.60. The molecular weight excluding hydrogens is 809 g/mol. The van der Waals surface area contributed by atoms with Crippen molar-refractivity contribution in [2.45, 2.75) is 127 Å². The van der Waals surface area contributed by atoms with Gasteiger partial charge < -0.3 is 29.2 Å². The van der Waals surface area contributed by atoms with Gasteiger partial charge in [0.15, 0.2) is 27.1 Å². The molecule has 1 saturated heterocycles.